The van der Waals surface area contributed by atoms with E-state index in [-0.39, 0.29) is 18.1 Å². The second-order valence-corrected chi connectivity index (χ2v) is 9.38. The lowest BCUT2D eigenvalue weighted by molar-refractivity contribution is -0.124. The Labute approximate surface area is 206 Å². The number of para-hydroxylation sites is 1. The van der Waals surface area contributed by atoms with Crippen LogP contribution in [0.4, 0.5) is 9.18 Å². The summed E-state index contributed by atoms with van der Waals surface area (Å²) < 4.78 is 13.7. The smallest absolute Gasteiger partial charge is 0.319 e. The Bertz CT molecular complexity index is 1540. The van der Waals surface area contributed by atoms with Gasteiger partial charge in [0.25, 0.3) is 5.91 Å². The van der Waals surface area contributed by atoms with Crippen molar-refractivity contribution >= 4 is 28.6 Å². The SMILES string of the molecule is O=C1NC(=O)[C@](CCC2Cc3ccc(F)cc3C2=O)(c2ccc(-c3cccc4cccnc34)cc2)N1. The van der Waals surface area contributed by atoms with Crippen molar-refractivity contribution in [2.75, 3.05) is 0 Å². The van der Waals surface area contributed by atoms with Crippen LogP contribution in [-0.2, 0) is 16.8 Å². The number of Topliss-reactive ketones (excluding diaryl/α,β-unsaturated/α-hetero) is 1. The molecule has 1 aromatic heterocycles. The van der Waals surface area contributed by atoms with Gasteiger partial charge in [0, 0.05) is 28.6 Å². The molecular formula is C29H22FN3O3. The van der Waals surface area contributed by atoms with E-state index < -0.39 is 23.3 Å². The highest BCUT2D eigenvalue weighted by Gasteiger charge is 2.48. The minimum absolute atomic E-state index is 0.122. The molecule has 0 bridgehead atoms. The van der Waals surface area contributed by atoms with E-state index in [9.17, 15) is 18.8 Å². The Morgan fingerprint density at radius 1 is 0.944 bits per heavy atom. The van der Waals surface area contributed by atoms with Crippen molar-refractivity contribution in [1.29, 1.82) is 0 Å². The summed E-state index contributed by atoms with van der Waals surface area (Å²) in [5, 5.41) is 6.19. The first kappa shape index (κ1) is 22.1. The van der Waals surface area contributed by atoms with Gasteiger partial charge >= 0.3 is 6.03 Å². The van der Waals surface area contributed by atoms with E-state index in [2.05, 4.69) is 15.6 Å². The molecule has 3 amide bonds. The Morgan fingerprint density at radius 3 is 2.53 bits per heavy atom. The molecule has 1 aliphatic carbocycles. The minimum atomic E-state index is -1.28. The third-order valence-electron chi connectivity index (χ3n) is 7.31. The Kier molecular flexibility index (Phi) is 5.14. The molecule has 6 rings (SSSR count). The van der Waals surface area contributed by atoms with E-state index in [0.717, 1.165) is 27.6 Å². The van der Waals surface area contributed by atoms with E-state index >= 15 is 0 Å². The van der Waals surface area contributed by atoms with Gasteiger partial charge < -0.3 is 5.32 Å². The quantitative estimate of drug-likeness (QED) is 0.398. The van der Waals surface area contributed by atoms with Crippen LogP contribution in [-0.4, -0.2) is 22.7 Å². The van der Waals surface area contributed by atoms with Crippen LogP contribution >= 0.6 is 0 Å². The summed E-state index contributed by atoms with van der Waals surface area (Å²) in [6.07, 6.45) is 2.86. The van der Waals surface area contributed by atoms with Crippen molar-refractivity contribution in [3.8, 4) is 11.1 Å². The first-order valence-corrected chi connectivity index (χ1v) is 11.9. The number of nitrogens with zero attached hydrogens (tertiary/aromatic N) is 1. The number of ketones is 1. The van der Waals surface area contributed by atoms with Crippen molar-refractivity contribution in [2.45, 2.75) is 24.8 Å². The van der Waals surface area contributed by atoms with E-state index in [0.29, 0.717) is 24.0 Å². The average molecular weight is 480 g/mol. The first-order chi connectivity index (χ1) is 17.4. The number of aromatic nitrogens is 1. The van der Waals surface area contributed by atoms with Gasteiger partial charge in [-0.3, -0.25) is 19.9 Å². The molecule has 1 aliphatic heterocycles. The number of carbonyl (C=O) groups is 3. The molecule has 2 aliphatic rings. The predicted molar refractivity (Wildman–Crippen MR) is 133 cm³/mol. The van der Waals surface area contributed by atoms with E-state index in [1.807, 2.05) is 54.6 Å². The van der Waals surface area contributed by atoms with Crippen molar-refractivity contribution in [1.82, 2.24) is 15.6 Å². The fourth-order valence-electron chi connectivity index (χ4n) is 5.44. The number of urea groups is 1. The van der Waals surface area contributed by atoms with Crippen molar-refractivity contribution in [2.24, 2.45) is 5.92 Å². The van der Waals surface area contributed by atoms with Gasteiger partial charge in [0.1, 0.15) is 11.4 Å². The second-order valence-electron chi connectivity index (χ2n) is 9.38. The molecule has 2 N–H and O–H groups in total. The molecule has 0 saturated carbocycles. The number of halogens is 1. The Hall–Kier alpha value is -4.39. The molecule has 178 valence electrons. The summed E-state index contributed by atoms with van der Waals surface area (Å²) in [7, 11) is 0. The zero-order chi connectivity index (χ0) is 24.9. The van der Waals surface area contributed by atoms with E-state index in [1.165, 1.54) is 12.1 Å². The molecule has 1 fully saturated rings. The standard InChI is InChI=1S/C29H22FN3O3/c30-22-11-8-19-15-20(26(34)24(19)16-22)12-13-29(27(35)32-28(36)33-29)21-9-6-17(7-10-21)23-5-1-3-18-4-2-14-31-25(18)23/h1-11,14,16,20H,12-13,15H2,(H2,32,33,35,36)/t20?,29-/m0/s1. The van der Waals surface area contributed by atoms with Crippen LogP contribution in [0.3, 0.4) is 0 Å². The zero-order valence-corrected chi connectivity index (χ0v) is 19.3. The molecule has 7 heteroatoms. The molecule has 4 aromatic rings. The van der Waals surface area contributed by atoms with Crippen LogP contribution in [0, 0.1) is 11.7 Å². The Morgan fingerprint density at radius 2 is 1.75 bits per heavy atom. The van der Waals surface area contributed by atoms with Gasteiger partial charge in [-0.15, -0.1) is 0 Å². The maximum Gasteiger partial charge on any atom is 0.322 e. The molecule has 1 unspecified atom stereocenters. The van der Waals surface area contributed by atoms with Crippen LogP contribution < -0.4 is 10.6 Å². The predicted octanol–water partition coefficient (Wildman–Crippen LogP) is 4.91. The maximum atomic E-state index is 13.7. The van der Waals surface area contributed by atoms with Gasteiger partial charge in [-0.1, -0.05) is 54.6 Å². The third kappa shape index (κ3) is 3.55. The lowest BCUT2D eigenvalue weighted by Crippen LogP contribution is -2.44. The highest BCUT2D eigenvalue weighted by atomic mass is 19.1. The van der Waals surface area contributed by atoms with E-state index in [1.54, 1.807) is 12.3 Å². The monoisotopic (exact) mass is 479 g/mol. The molecular weight excluding hydrogens is 457 g/mol. The van der Waals surface area contributed by atoms with Gasteiger partial charge in [0.05, 0.1) is 5.52 Å². The van der Waals surface area contributed by atoms with Crippen molar-refractivity contribution in [3.05, 3.63) is 102 Å². The molecule has 36 heavy (non-hydrogen) atoms. The molecule has 2 heterocycles. The maximum absolute atomic E-state index is 13.7. The molecule has 6 nitrogen and oxygen atoms in total. The number of hydrogen-bond acceptors (Lipinski definition) is 4. The molecule has 2 atom stereocenters. The van der Waals surface area contributed by atoms with Crippen LogP contribution in [0.2, 0.25) is 0 Å². The summed E-state index contributed by atoms with van der Waals surface area (Å²) >= 11 is 0. The fraction of sp³-hybridized carbons (Fsp3) is 0.172. The number of benzene rings is 3. The lowest BCUT2D eigenvalue weighted by atomic mass is 9.81. The zero-order valence-electron chi connectivity index (χ0n) is 19.3. The van der Waals surface area contributed by atoms with Crippen molar-refractivity contribution in [3.63, 3.8) is 0 Å². The number of pyridine rings is 1. The first-order valence-electron chi connectivity index (χ1n) is 11.9. The minimum Gasteiger partial charge on any atom is -0.319 e. The van der Waals surface area contributed by atoms with Crippen LogP contribution in [0.25, 0.3) is 22.0 Å². The highest BCUT2D eigenvalue weighted by Crippen LogP contribution is 2.37. The average Bonchev–Trinajstić information content (AvgIpc) is 3.37. The fourth-order valence-corrected chi connectivity index (χ4v) is 5.44. The van der Waals surface area contributed by atoms with Crippen LogP contribution in [0.1, 0.15) is 34.3 Å². The van der Waals surface area contributed by atoms with Gasteiger partial charge in [0.15, 0.2) is 5.78 Å². The summed E-state index contributed by atoms with van der Waals surface area (Å²) in [5.74, 6) is -1.38. The number of fused-ring (bicyclic) bond motifs is 2. The molecule has 0 spiro atoms. The largest absolute Gasteiger partial charge is 0.322 e. The normalized spacial score (nSPS) is 20.9. The summed E-state index contributed by atoms with van der Waals surface area (Å²) in [6.45, 7) is 0. The molecule has 0 radical (unpaired) electrons. The van der Waals surface area contributed by atoms with Gasteiger partial charge in [-0.25, -0.2) is 9.18 Å². The summed E-state index contributed by atoms with van der Waals surface area (Å²) in [5.41, 5.74) is 3.35. The number of rotatable bonds is 5. The number of hydrogen-bond donors (Lipinski definition) is 2. The highest BCUT2D eigenvalue weighted by molar-refractivity contribution is 6.07. The van der Waals surface area contributed by atoms with Crippen LogP contribution in [0.15, 0.2) is 79.0 Å². The van der Waals surface area contributed by atoms with E-state index in [4.69, 9.17) is 0 Å². The molecule has 3 aromatic carbocycles. The number of carbonyl (C=O) groups excluding carboxylic acids is 3. The van der Waals surface area contributed by atoms with Crippen molar-refractivity contribution < 1.29 is 18.8 Å². The lowest BCUT2D eigenvalue weighted by Gasteiger charge is -2.28. The topological polar surface area (TPSA) is 88.2 Å². The van der Waals surface area contributed by atoms with Gasteiger partial charge in [-0.2, -0.15) is 0 Å². The second kappa shape index (κ2) is 8.37. The Balaban J connectivity index is 1.30. The summed E-state index contributed by atoms with van der Waals surface area (Å²) in [6, 6.07) is 21.1. The number of amides is 3. The summed E-state index contributed by atoms with van der Waals surface area (Å²) in [4.78, 5) is 42.6. The molecule has 1 saturated heterocycles. The van der Waals surface area contributed by atoms with Crippen LogP contribution in [0.5, 0.6) is 0 Å². The van der Waals surface area contributed by atoms with Gasteiger partial charge in [-0.05, 0) is 54.2 Å². The number of nitrogens with one attached hydrogen (secondary N) is 2. The van der Waals surface area contributed by atoms with Gasteiger partial charge in [0.2, 0.25) is 0 Å². The third-order valence-corrected chi connectivity index (χ3v) is 7.31. The number of imide groups is 1.